The third-order valence-electron chi connectivity index (χ3n) is 5.04. The van der Waals surface area contributed by atoms with E-state index in [1.165, 1.54) is 36.1 Å². The Bertz CT molecular complexity index is 1390. The molecule has 0 aliphatic heterocycles. The number of nitrogens with one attached hydrogen (secondary N) is 1. The second kappa shape index (κ2) is 9.36. The minimum atomic E-state index is -4.56. The van der Waals surface area contributed by atoms with Gasteiger partial charge in [-0.3, -0.25) is 4.79 Å². The van der Waals surface area contributed by atoms with E-state index in [4.69, 9.17) is 4.74 Å². The molecule has 0 saturated carbocycles. The highest BCUT2D eigenvalue weighted by atomic mass is 19.4. The number of carbonyl (C=O) groups is 1. The summed E-state index contributed by atoms with van der Waals surface area (Å²) in [6.07, 6.45) is -9.09. The predicted octanol–water partition coefficient (Wildman–Crippen LogP) is 6.23. The van der Waals surface area contributed by atoms with Gasteiger partial charge >= 0.3 is 18.4 Å². The third kappa shape index (κ3) is 5.32. The lowest BCUT2D eigenvalue weighted by Crippen LogP contribution is -2.13. The molecule has 0 unspecified atom stereocenters. The van der Waals surface area contributed by atoms with Gasteiger partial charge in [-0.25, -0.2) is 4.68 Å². The van der Waals surface area contributed by atoms with E-state index in [1.54, 1.807) is 12.1 Å². The van der Waals surface area contributed by atoms with Crippen molar-refractivity contribution in [2.24, 2.45) is 0 Å². The Labute approximate surface area is 200 Å². The lowest BCUT2D eigenvalue weighted by atomic mass is 10.1. The molecule has 0 saturated heterocycles. The standard InChI is InChI=1S/C24H16F6N4O2/c1-36-22-32-20(15-4-2-5-17(12-15)24(28,29)30)34(33-22)19-7-3-6-18(13-19)31-21(35)14-8-10-16(11-9-14)23(25,26)27/h2-13H,1H3,(H,31,35). The Balaban J connectivity index is 1.65. The van der Waals surface area contributed by atoms with Crippen molar-refractivity contribution in [3.05, 3.63) is 89.5 Å². The monoisotopic (exact) mass is 506 g/mol. The number of halogens is 6. The maximum atomic E-state index is 13.2. The zero-order valence-corrected chi connectivity index (χ0v) is 18.4. The molecule has 3 aromatic carbocycles. The molecule has 36 heavy (non-hydrogen) atoms. The van der Waals surface area contributed by atoms with Crippen LogP contribution in [0.5, 0.6) is 6.01 Å². The maximum absolute atomic E-state index is 13.2. The van der Waals surface area contributed by atoms with Crippen LogP contribution in [0, 0.1) is 0 Å². The average molecular weight is 506 g/mol. The van der Waals surface area contributed by atoms with Crippen molar-refractivity contribution in [2.75, 3.05) is 12.4 Å². The van der Waals surface area contributed by atoms with E-state index in [9.17, 15) is 31.1 Å². The van der Waals surface area contributed by atoms with Gasteiger partial charge in [-0.05, 0) is 54.6 Å². The smallest absolute Gasteiger partial charge is 0.416 e. The first-order valence-corrected chi connectivity index (χ1v) is 10.2. The molecule has 6 nitrogen and oxygen atoms in total. The van der Waals surface area contributed by atoms with Crippen molar-refractivity contribution in [2.45, 2.75) is 12.4 Å². The first-order valence-electron chi connectivity index (χ1n) is 10.2. The first-order chi connectivity index (χ1) is 17.0. The van der Waals surface area contributed by atoms with Crippen molar-refractivity contribution in [3.8, 4) is 23.1 Å². The van der Waals surface area contributed by atoms with Gasteiger partial charge in [0, 0.05) is 16.8 Å². The summed E-state index contributed by atoms with van der Waals surface area (Å²) < 4.78 is 84.2. The van der Waals surface area contributed by atoms with Crippen molar-refractivity contribution in [3.63, 3.8) is 0 Å². The molecule has 0 aliphatic carbocycles. The van der Waals surface area contributed by atoms with E-state index in [2.05, 4.69) is 15.4 Å². The van der Waals surface area contributed by atoms with Crippen LogP contribution >= 0.6 is 0 Å². The van der Waals surface area contributed by atoms with E-state index in [0.29, 0.717) is 5.69 Å². The fraction of sp³-hybridized carbons (Fsp3) is 0.125. The van der Waals surface area contributed by atoms with E-state index in [-0.39, 0.29) is 28.6 Å². The molecule has 0 spiro atoms. The van der Waals surface area contributed by atoms with Crippen LogP contribution in [0.15, 0.2) is 72.8 Å². The molecule has 1 N–H and O–H groups in total. The van der Waals surface area contributed by atoms with Gasteiger partial charge in [0.05, 0.1) is 23.9 Å². The minimum Gasteiger partial charge on any atom is -0.466 e. The fourth-order valence-electron chi connectivity index (χ4n) is 3.31. The number of rotatable bonds is 5. The Morgan fingerprint density at radius 2 is 1.53 bits per heavy atom. The highest BCUT2D eigenvalue weighted by Gasteiger charge is 2.31. The average Bonchev–Trinajstić information content (AvgIpc) is 3.28. The number of ether oxygens (including phenoxy) is 1. The van der Waals surface area contributed by atoms with Crippen LogP contribution in [0.1, 0.15) is 21.5 Å². The van der Waals surface area contributed by atoms with Crippen molar-refractivity contribution in [1.82, 2.24) is 14.8 Å². The summed E-state index contributed by atoms with van der Waals surface area (Å²) in [7, 11) is 1.30. The summed E-state index contributed by atoms with van der Waals surface area (Å²) in [6, 6.07) is 14.3. The number of hydrogen-bond acceptors (Lipinski definition) is 4. The molecule has 4 aromatic rings. The van der Waals surface area contributed by atoms with Gasteiger partial charge in [0.25, 0.3) is 5.91 Å². The number of alkyl halides is 6. The molecule has 12 heteroatoms. The molecule has 186 valence electrons. The van der Waals surface area contributed by atoms with Gasteiger partial charge < -0.3 is 10.1 Å². The van der Waals surface area contributed by atoms with E-state index in [0.717, 1.165) is 36.4 Å². The number of anilines is 1. The summed E-state index contributed by atoms with van der Waals surface area (Å²) in [5, 5.41) is 6.74. The Hall–Kier alpha value is -4.35. The molecule has 0 radical (unpaired) electrons. The highest BCUT2D eigenvalue weighted by Crippen LogP contribution is 2.33. The lowest BCUT2D eigenvalue weighted by molar-refractivity contribution is -0.138. The topological polar surface area (TPSA) is 69.0 Å². The molecule has 1 heterocycles. The van der Waals surface area contributed by atoms with Crippen molar-refractivity contribution >= 4 is 11.6 Å². The molecule has 0 bridgehead atoms. The number of hydrogen-bond donors (Lipinski definition) is 1. The molecule has 0 aliphatic rings. The maximum Gasteiger partial charge on any atom is 0.416 e. The lowest BCUT2D eigenvalue weighted by Gasteiger charge is -2.11. The van der Waals surface area contributed by atoms with E-state index >= 15 is 0 Å². The molecule has 1 aromatic heterocycles. The van der Waals surface area contributed by atoms with Crippen LogP contribution in [0.3, 0.4) is 0 Å². The van der Waals surface area contributed by atoms with Crippen LogP contribution in [0.25, 0.3) is 17.1 Å². The second-order valence-electron chi connectivity index (χ2n) is 7.49. The van der Waals surface area contributed by atoms with Crippen LogP contribution < -0.4 is 10.1 Å². The van der Waals surface area contributed by atoms with Gasteiger partial charge in [-0.15, -0.1) is 5.10 Å². The largest absolute Gasteiger partial charge is 0.466 e. The molecule has 0 atom stereocenters. The van der Waals surface area contributed by atoms with Crippen molar-refractivity contribution in [1.29, 1.82) is 0 Å². The van der Waals surface area contributed by atoms with Gasteiger partial charge in [0.1, 0.15) is 0 Å². The van der Waals surface area contributed by atoms with Crippen LogP contribution in [-0.4, -0.2) is 27.8 Å². The van der Waals surface area contributed by atoms with Gasteiger partial charge in [0.15, 0.2) is 5.82 Å². The Kier molecular flexibility index (Phi) is 6.44. The minimum absolute atomic E-state index is 0.000447. The number of methoxy groups -OCH3 is 1. The SMILES string of the molecule is COc1nc(-c2cccc(C(F)(F)F)c2)n(-c2cccc(NC(=O)c3ccc(C(F)(F)F)cc3)c2)n1. The van der Waals surface area contributed by atoms with Gasteiger partial charge in [-0.1, -0.05) is 18.2 Å². The fourth-order valence-corrected chi connectivity index (χ4v) is 3.31. The number of amides is 1. The summed E-state index contributed by atoms with van der Waals surface area (Å²) in [6.45, 7) is 0. The molecular formula is C24H16F6N4O2. The Morgan fingerprint density at radius 1 is 0.861 bits per heavy atom. The Morgan fingerprint density at radius 3 is 2.17 bits per heavy atom. The van der Waals surface area contributed by atoms with Crippen LogP contribution in [0.4, 0.5) is 32.0 Å². The number of nitrogens with zero attached hydrogens (tertiary/aromatic N) is 3. The van der Waals surface area contributed by atoms with Gasteiger partial charge in [-0.2, -0.15) is 31.3 Å². The zero-order chi connectivity index (χ0) is 26.1. The number of carbonyl (C=O) groups excluding carboxylic acids is 1. The molecule has 0 fully saturated rings. The van der Waals surface area contributed by atoms with E-state index in [1.807, 2.05) is 0 Å². The predicted molar refractivity (Wildman–Crippen MR) is 118 cm³/mol. The van der Waals surface area contributed by atoms with Gasteiger partial charge in [0.2, 0.25) is 0 Å². The summed E-state index contributed by atoms with van der Waals surface area (Å²) in [4.78, 5) is 16.7. The normalized spacial score (nSPS) is 11.9. The summed E-state index contributed by atoms with van der Waals surface area (Å²) in [5.74, 6) is -0.598. The van der Waals surface area contributed by atoms with Crippen LogP contribution in [-0.2, 0) is 12.4 Å². The van der Waals surface area contributed by atoms with Crippen LogP contribution in [0.2, 0.25) is 0 Å². The highest BCUT2D eigenvalue weighted by molar-refractivity contribution is 6.04. The third-order valence-corrected chi connectivity index (χ3v) is 5.04. The van der Waals surface area contributed by atoms with E-state index < -0.39 is 29.4 Å². The number of benzene rings is 3. The summed E-state index contributed by atoms with van der Waals surface area (Å²) >= 11 is 0. The molecule has 4 rings (SSSR count). The quantitative estimate of drug-likeness (QED) is 0.326. The first kappa shape index (κ1) is 24.8. The molecular weight excluding hydrogens is 490 g/mol. The number of aromatic nitrogens is 3. The second-order valence-corrected chi connectivity index (χ2v) is 7.49. The zero-order valence-electron chi connectivity index (χ0n) is 18.4. The summed E-state index contributed by atoms with van der Waals surface area (Å²) in [5.41, 5.74) is -1.03. The van der Waals surface area contributed by atoms with Crippen molar-refractivity contribution < 1.29 is 35.9 Å². The molecule has 1 amide bonds.